The van der Waals surface area contributed by atoms with Gasteiger partial charge in [-0.1, -0.05) is 30.3 Å². The third-order valence-electron chi connectivity index (χ3n) is 1.83. The highest BCUT2D eigenvalue weighted by molar-refractivity contribution is 8.00. The molecule has 0 saturated carbocycles. The zero-order valence-electron chi connectivity index (χ0n) is 8.24. The number of carbonyl (C=O) groups excluding carboxylic acids is 1. The SMILES string of the molecule is CCC(=O)C(C#N)Sc1ccc(Cl)cc1. The Morgan fingerprint density at radius 2 is 2.13 bits per heavy atom. The Balaban J connectivity index is 2.72. The molecule has 0 amide bonds. The summed E-state index contributed by atoms with van der Waals surface area (Å²) in [5.74, 6) is -0.0440. The van der Waals surface area contributed by atoms with E-state index in [1.165, 1.54) is 11.8 Å². The van der Waals surface area contributed by atoms with E-state index in [9.17, 15) is 4.79 Å². The van der Waals surface area contributed by atoms with Gasteiger partial charge in [0.25, 0.3) is 0 Å². The van der Waals surface area contributed by atoms with Crippen LogP contribution in [0.15, 0.2) is 29.2 Å². The van der Waals surface area contributed by atoms with Gasteiger partial charge in [-0.2, -0.15) is 5.26 Å². The molecule has 78 valence electrons. The van der Waals surface area contributed by atoms with Crippen LogP contribution in [0.5, 0.6) is 0 Å². The zero-order valence-corrected chi connectivity index (χ0v) is 9.81. The van der Waals surface area contributed by atoms with Crippen LogP contribution in [0.1, 0.15) is 13.3 Å². The Kier molecular flexibility index (Phi) is 4.67. The van der Waals surface area contributed by atoms with Crippen LogP contribution in [0.4, 0.5) is 0 Å². The van der Waals surface area contributed by atoms with Crippen molar-refractivity contribution in [3.63, 3.8) is 0 Å². The van der Waals surface area contributed by atoms with Crippen LogP contribution in [-0.2, 0) is 4.79 Å². The molecule has 0 aliphatic heterocycles. The smallest absolute Gasteiger partial charge is 0.160 e. The Morgan fingerprint density at radius 3 is 2.60 bits per heavy atom. The van der Waals surface area contributed by atoms with Gasteiger partial charge in [-0.05, 0) is 24.3 Å². The average molecular weight is 240 g/mol. The summed E-state index contributed by atoms with van der Waals surface area (Å²) in [4.78, 5) is 12.2. The highest BCUT2D eigenvalue weighted by Crippen LogP contribution is 2.25. The Labute approximate surface area is 98.2 Å². The molecule has 4 heteroatoms. The summed E-state index contributed by atoms with van der Waals surface area (Å²) < 4.78 is 0. The summed E-state index contributed by atoms with van der Waals surface area (Å²) in [6, 6.07) is 9.10. The van der Waals surface area contributed by atoms with Crippen LogP contribution >= 0.6 is 23.4 Å². The van der Waals surface area contributed by atoms with E-state index >= 15 is 0 Å². The van der Waals surface area contributed by atoms with Crippen molar-refractivity contribution < 1.29 is 4.79 Å². The molecule has 0 fully saturated rings. The molecule has 1 aromatic rings. The number of carbonyl (C=O) groups is 1. The van der Waals surface area contributed by atoms with Crippen molar-refractivity contribution in [2.24, 2.45) is 0 Å². The number of thioether (sulfide) groups is 1. The van der Waals surface area contributed by atoms with Gasteiger partial charge in [0.15, 0.2) is 11.0 Å². The van der Waals surface area contributed by atoms with E-state index in [-0.39, 0.29) is 5.78 Å². The van der Waals surface area contributed by atoms with Gasteiger partial charge in [-0.15, -0.1) is 0 Å². The first-order valence-electron chi connectivity index (χ1n) is 4.52. The van der Waals surface area contributed by atoms with Crippen LogP contribution in [0.2, 0.25) is 5.02 Å². The highest BCUT2D eigenvalue weighted by atomic mass is 35.5. The van der Waals surface area contributed by atoms with Crippen molar-refractivity contribution >= 4 is 29.1 Å². The minimum Gasteiger partial charge on any atom is -0.297 e. The molecule has 0 bridgehead atoms. The molecular weight excluding hydrogens is 230 g/mol. The minimum absolute atomic E-state index is 0.0440. The van der Waals surface area contributed by atoms with Gasteiger partial charge in [0.05, 0.1) is 6.07 Å². The average Bonchev–Trinajstić information content (AvgIpc) is 2.27. The number of nitriles is 1. The standard InChI is InChI=1S/C11H10ClNOS/c1-2-10(14)11(7-13)15-9-5-3-8(12)4-6-9/h3-6,11H,2H2,1H3. The van der Waals surface area contributed by atoms with Crippen LogP contribution in [-0.4, -0.2) is 11.0 Å². The maximum atomic E-state index is 11.3. The van der Waals surface area contributed by atoms with Gasteiger partial charge in [0.1, 0.15) is 0 Å². The van der Waals surface area contributed by atoms with Crippen LogP contribution in [0.3, 0.4) is 0 Å². The summed E-state index contributed by atoms with van der Waals surface area (Å²) in [5.41, 5.74) is 0. The van der Waals surface area contributed by atoms with Gasteiger partial charge < -0.3 is 0 Å². The van der Waals surface area contributed by atoms with Crippen LogP contribution < -0.4 is 0 Å². The molecule has 1 aromatic carbocycles. The first-order valence-corrected chi connectivity index (χ1v) is 5.77. The number of nitrogens with zero attached hydrogens (tertiary/aromatic N) is 1. The number of rotatable bonds is 4. The number of hydrogen-bond donors (Lipinski definition) is 0. The second kappa shape index (κ2) is 5.79. The molecule has 0 spiro atoms. The Morgan fingerprint density at radius 1 is 1.53 bits per heavy atom. The summed E-state index contributed by atoms with van der Waals surface area (Å²) in [6.07, 6.45) is 0.388. The van der Waals surface area contributed by atoms with Gasteiger partial charge >= 0.3 is 0 Å². The largest absolute Gasteiger partial charge is 0.297 e. The van der Waals surface area contributed by atoms with E-state index in [1.54, 1.807) is 31.2 Å². The van der Waals surface area contributed by atoms with Gasteiger partial charge in [0, 0.05) is 16.3 Å². The Bertz CT molecular complexity index is 383. The molecule has 0 aromatic heterocycles. The van der Waals surface area contributed by atoms with Crippen molar-refractivity contribution in [2.45, 2.75) is 23.5 Å². The third kappa shape index (κ3) is 3.58. The lowest BCUT2D eigenvalue weighted by Crippen LogP contribution is -2.13. The molecule has 1 rings (SSSR count). The Hall–Kier alpha value is -0.980. The molecule has 0 radical (unpaired) electrons. The lowest BCUT2D eigenvalue weighted by atomic mass is 10.2. The first-order chi connectivity index (χ1) is 7.17. The monoisotopic (exact) mass is 239 g/mol. The second-order valence-corrected chi connectivity index (χ2v) is 4.52. The van der Waals surface area contributed by atoms with E-state index < -0.39 is 5.25 Å². The van der Waals surface area contributed by atoms with Crippen LogP contribution in [0, 0.1) is 11.3 Å². The van der Waals surface area contributed by atoms with E-state index in [2.05, 4.69) is 0 Å². The minimum atomic E-state index is -0.615. The lowest BCUT2D eigenvalue weighted by Gasteiger charge is -2.05. The molecule has 1 atom stereocenters. The van der Waals surface area contributed by atoms with Crippen molar-refractivity contribution in [1.82, 2.24) is 0 Å². The van der Waals surface area contributed by atoms with E-state index in [4.69, 9.17) is 16.9 Å². The fraction of sp³-hybridized carbons (Fsp3) is 0.273. The summed E-state index contributed by atoms with van der Waals surface area (Å²) in [6.45, 7) is 1.76. The molecule has 0 heterocycles. The number of Topliss-reactive ketones (excluding diaryl/α,β-unsaturated/α-hetero) is 1. The number of ketones is 1. The van der Waals surface area contributed by atoms with Crippen LogP contribution in [0.25, 0.3) is 0 Å². The number of halogens is 1. The topological polar surface area (TPSA) is 40.9 Å². The number of benzene rings is 1. The van der Waals surface area contributed by atoms with Gasteiger partial charge in [-0.25, -0.2) is 0 Å². The molecule has 0 aliphatic rings. The third-order valence-corrected chi connectivity index (χ3v) is 3.23. The lowest BCUT2D eigenvalue weighted by molar-refractivity contribution is -0.117. The fourth-order valence-electron chi connectivity index (χ4n) is 0.999. The predicted molar refractivity (Wildman–Crippen MR) is 62.0 cm³/mol. The van der Waals surface area contributed by atoms with E-state index in [0.717, 1.165) is 4.90 Å². The normalized spacial score (nSPS) is 11.8. The van der Waals surface area contributed by atoms with Crippen molar-refractivity contribution in [3.05, 3.63) is 29.3 Å². The fourth-order valence-corrected chi connectivity index (χ4v) is 2.04. The predicted octanol–water partition coefficient (Wildman–Crippen LogP) is 3.30. The molecule has 15 heavy (non-hydrogen) atoms. The molecule has 2 nitrogen and oxygen atoms in total. The van der Waals surface area contributed by atoms with Crippen molar-refractivity contribution in [3.8, 4) is 6.07 Å². The van der Waals surface area contributed by atoms with Crippen molar-refractivity contribution in [2.75, 3.05) is 0 Å². The second-order valence-electron chi connectivity index (χ2n) is 2.90. The first kappa shape index (κ1) is 12.1. The molecule has 1 unspecified atom stereocenters. The van der Waals surface area contributed by atoms with Gasteiger partial charge in [0.2, 0.25) is 0 Å². The maximum Gasteiger partial charge on any atom is 0.160 e. The number of hydrogen-bond acceptors (Lipinski definition) is 3. The van der Waals surface area contributed by atoms with Crippen molar-refractivity contribution in [1.29, 1.82) is 5.26 Å². The summed E-state index contributed by atoms with van der Waals surface area (Å²) >= 11 is 6.99. The maximum absolute atomic E-state index is 11.3. The summed E-state index contributed by atoms with van der Waals surface area (Å²) in [7, 11) is 0. The molecule has 0 aliphatic carbocycles. The quantitative estimate of drug-likeness (QED) is 0.757. The summed E-state index contributed by atoms with van der Waals surface area (Å²) in [5, 5.41) is 8.86. The molecular formula is C11H10ClNOS. The highest BCUT2D eigenvalue weighted by Gasteiger charge is 2.16. The zero-order chi connectivity index (χ0) is 11.3. The van der Waals surface area contributed by atoms with Gasteiger partial charge in [-0.3, -0.25) is 4.79 Å². The molecule has 0 N–H and O–H groups in total. The molecule has 0 saturated heterocycles. The van der Waals surface area contributed by atoms with E-state index in [0.29, 0.717) is 11.4 Å². The van der Waals surface area contributed by atoms with E-state index in [1.807, 2.05) is 6.07 Å².